The van der Waals surface area contributed by atoms with Crippen molar-refractivity contribution in [3.05, 3.63) is 0 Å². The van der Waals surface area contributed by atoms with Crippen molar-refractivity contribution in [3.63, 3.8) is 0 Å². The van der Waals surface area contributed by atoms with Gasteiger partial charge in [-0.05, 0) is 13.8 Å². The largest absolute Gasteiger partial charge is 1.00 e. The maximum absolute atomic E-state index is 9.93. The second-order valence-corrected chi connectivity index (χ2v) is 2.20. The van der Waals surface area contributed by atoms with E-state index in [1.54, 1.807) is 0 Å². The molecule has 0 unspecified atom stereocenters. The van der Waals surface area contributed by atoms with Gasteiger partial charge in [-0.15, -0.1) is 0 Å². The van der Waals surface area contributed by atoms with Gasteiger partial charge in [0.2, 0.25) is 0 Å². The van der Waals surface area contributed by atoms with Crippen LogP contribution in [0, 0.1) is 5.41 Å². The fourth-order valence-corrected chi connectivity index (χ4v) is 0.0833. The molecule has 0 aromatic rings. The van der Waals surface area contributed by atoms with E-state index >= 15 is 0 Å². The molecule has 0 rings (SSSR count). The molecular weight excluding hydrogens is 154 g/mol. The normalized spacial score (nSPS) is 8.17. The molecule has 12 heavy (non-hydrogen) atoms. The Hall–Kier alpha value is 0.0948. The number of hydrogen-bond donors (Lipinski definition) is 0. The van der Waals surface area contributed by atoms with Gasteiger partial charge in [-0.1, -0.05) is 0 Å². The predicted octanol–water partition coefficient (Wildman–Crippen LogP) is -9.30. The van der Waals surface area contributed by atoms with Crippen LogP contribution in [0.25, 0.3) is 0 Å². The van der Waals surface area contributed by atoms with E-state index in [-0.39, 0.29) is 43.2 Å². The predicted molar refractivity (Wildman–Crippen MR) is 27.4 cm³/mol. The van der Waals surface area contributed by atoms with Gasteiger partial charge in [0.1, 0.15) is 0 Å². The summed E-state index contributed by atoms with van der Waals surface area (Å²) in [6.45, 7) is 2.02. The molecule has 60 valence electrons. The summed E-state index contributed by atoms with van der Waals surface area (Å²) < 4.78 is 0. The molecule has 0 aromatic heterocycles. The molecule has 5 nitrogen and oxygen atoms in total. The summed E-state index contributed by atoms with van der Waals surface area (Å²) in [6.07, 6.45) is 0. The summed E-state index contributed by atoms with van der Waals surface area (Å²) in [6, 6.07) is 0. The van der Waals surface area contributed by atoms with Crippen LogP contribution in [0.15, 0.2) is 0 Å². The standard InChI is InChI=1S/C5H8O4.2Li.H2O/c1-5(2,3(6)7)4(8)9;;;/h1-2H3,(H,6,7)(H,8,9);;;1H2/q;2*+1;/p-2. The van der Waals surface area contributed by atoms with E-state index in [2.05, 4.69) is 0 Å². The molecule has 0 aliphatic rings. The van der Waals surface area contributed by atoms with Crippen LogP contribution in [-0.4, -0.2) is 17.4 Å². The van der Waals surface area contributed by atoms with Crippen LogP contribution in [0.1, 0.15) is 13.8 Å². The first-order valence-corrected chi connectivity index (χ1v) is 2.32. The van der Waals surface area contributed by atoms with E-state index in [0.29, 0.717) is 0 Å². The van der Waals surface area contributed by atoms with Gasteiger partial charge in [0, 0.05) is 5.41 Å². The number of carboxylic acid groups (broad SMARTS) is 2. The van der Waals surface area contributed by atoms with Crippen LogP contribution in [0.5, 0.6) is 0 Å². The van der Waals surface area contributed by atoms with Crippen molar-refractivity contribution in [1.82, 2.24) is 0 Å². The Kier molecular flexibility index (Phi) is 14.6. The van der Waals surface area contributed by atoms with Gasteiger partial charge in [0.25, 0.3) is 0 Å². The SMILES string of the molecule is CC(C)(C(=O)[O-])C(=O)[O-].O.[Li+].[Li+]. The molecule has 7 heteroatoms. The van der Waals surface area contributed by atoms with E-state index < -0.39 is 17.4 Å². The number of carbonyl (C=O) groups excluding carboxylic acids is 2. The molecule has 0 saturated carbocycles. The first-order chi connectivity index (χ1) is 3.89. The van der Waals surface area contributed by atoms with Gasteiger partial charge in [0.15, 0.2) is 0 Å². The van der Waals surface area contributed by atoms with Crippen LogP contribution in [0.4, 0.5) is 0 Å². The Labute approximate surface area is 94.2 Å². The van der Waals surface area contributed by atoms with Gasteiger partial charge in [-0.25, -0.2) is 0 Å². The number of aliphatic carboxylic acids is 2. The summed E-state index contributed by atoms with van der Waals surface area (Å²) >= 11 is 0. The first-order valence-electron chi connectivity index (χ1n) is 2.32. The van der Waals surface area contributed by atoms with Crippen LogP contribution in [0.2, 0.25) is 0 Å². The van der Waals surface area contributed by atoms with E-state index in [1.807, 2.05) is 0 Å². The molecule has 0 fully saturated rings. The molecule has 0 radical (unpaired) electrons. The summed E-state index contributed by atoms with van der Waals surface area (Å²) in [5, 5.41) is 19.9. The fourth-order valence-electron chi connectivity index (χ4n) is 0.0833. The zero-order valence-corrected chi connectivity index (χ0v) is 7.63. The van der Waals surface area contributed by atoms with E-state index in [9.17, 15) is 19.8 Å². The molecule has 0 aromatic carbocycles. The van der Waals surface area contributed by atoms with Crippen molar-refractivity contribution < 1.29 is 63.0 Å². The van der Waals surface area contributed by atoms with Crippen LogP contribution in [0.3, 0.4) is 0 Å². The molecule has 0 atom stereocenters. The van der Waals surface area contributed by atoms with Crippen molar-refractivity contribution >= 4 is 11.9 Å². The Morgan fingerprint density at radius 3 is 1.17 bits per heavy atom. The second kappa shape index (κ2) is 7.73. The minimum atomic E-state index is -1.89. The van der Waals surface area contributed by atoms with Crippen LogP contribution in [-0.2, 0) is 9.59 Å². The zero-order chi connectivity index (χ0) is 7.65. The smallest absolute Gasteiger partial charge is 0.549 e. The number of carboxylic acids is 2. The molecule has 0 spiro atoms. The Morgan fingerprint density at radius 1 is 1.00 bits per heavy atom. The Balaban J connectivity index is -0.000000107. The maximum Gasteiger partial charge on any atom is 1.00 e. The van der Waals surface area contributed by atoms with Gasteiger partial charge in [-0.2, -0.15) is 0 Å². The second-order valence-electron chi connectivity index (χ2n) is 2.20. The average Bonchev–Trinajstić information content (AvgIpc) is 1.65. The molecule has 2 N–H and O–H groups in total. The molecule has 0 bridgehead atoms. The minimum Gasteiger partial charge on any atom is -0.549 e. The molecule has 0 saturated heterocycles. The summed E-state index contributed by atoms with van der Waals surface area (Å²) in [5.74, 6) is -3.27. The first kappa shape index (κ1) is 22.7. The van der Waals surface area contributed by atoms with Crippen molar-refractivity contribution in [2.45, 2.75) is 13.8 Å². The van der Waals surface area contributed by atoms with E-state index in [1.165, 1.54) is 0 Å². The number of carbonyl (C=O) groups is 2. The van der Waals surface area contributed by atoms with Crippen molar-refractivity contribution in [2.75, 3.05) is 0 Å². The minimum absolute atomic E-state index is 0. The van der Waals surface area contributed by atoms with E-state index in [4.69, 9.17) is 0 Å². The molecule has 0 amide bonds. The Bertz CT molecular complexity index is 140. The third-order valence-corrected chi connectivity index (χ3v) is 1.02. The summed E-state index contributed by atoms with van der Waals surface area (Å²) in [5.41, 5.74) is -1.89. The molecular formula is C5H8Li2O5. The van der Waals surface area contributed by atoms with Gasteiger partial charge in [-0.3, -0.25) is 0 Å². The molecule has 0 heterocycles. The average molecular weight is 162 g/mol. The Morgan fingerprint density at radius 2 is 1.17 bits per heavy atom. The molecule has 0 aliphatic heterocycles. The zero-order valence-electron chi connectivity index (χ0n) is 7.63. The van der Waals surface area contributed by atoms with Crippen LogP contribution >= 0.6 is 0 Å². The van der Waals surface area contributed by atoms with Gasteiger partial charge in [0.05, 0.1) is 11.9 Å². The van der Waals surface area contributed by atoms with Crippen molar-refractivity contribution in [1.29, 1.82) is 0 Å². The number of hydrogen-bond acceptors (Lipinski definition) is 4. The quantitative estimate of drug-likeness (QED) is 0.296. The maximum atomic E-state index is 9.93. The number of rotatable bonds is 2. The summed E-state index contributed by atoms with van der Waals surface area (Å²) in [4.78, 5) is 19.9. The van der Waals surface area contributed by atoms with E-state index in [0.717, 1.165) is 13.8 Å². The topological polar surface area (TPSA) is 112 Å². The van der Waals surface area contributed by atoms with Gasteiger partial charge < -0.3 is 25.3 Å². The monoisotopic (exact) mass is 162 g/mol. The van der Waals surface area contributed by atoms with Crippen LogP contribution < -0.4 is 47.9 Å². The fraction of sp³-hybridized carbons (Fsp3) is 0.600. The third kappa shape index (κ3) is 5.71. The van der Waals surface area contributed by atoms with Crippen molar-refractivity contribution in [2.24, 2.45) is 5.41 Å². The summed E-state index contributed by atoms with van der Waals surface area (Å²) in [7, 11) is 0. The molecule has 0 aliphatic carbocycles. The third-order valence-electron chi connectivity index (χ3n) is 1.02. The van der Waals surface area contributed by atoms with Gasteiger partial charge >= 0.3 is 37.7 Å². The van der Waals surface area contributed by atoms with Crippen molar-refractivity contribution in [3.8, 4) is 0 Å².